The summed E-state index contributed by atoms with van der Waals surface area (Å²) in [7, 11) is -3.43. The van der Waals surface area contributed by atoms with Crippen LogP contribution in [0.2, 0.25) is 0 Å². The second kappa shape index (κ2) is 9.20. The average molecular weight is 407 g/mol. The number of benzene rings is 1. The molecule has 2 fully saturated rings. The van der Waals surface area contributed by atoms with Crippen molar-refractivity contribution in [2.24, 2.45) is 0 Å². The Hall–Kier alpha value is -1.70. The zero-order chi connectivity index (χ0) is 20.1. The van der Waals surface area contributed by atoms with Crippen LogP contribution in [0.5, 0.6) is 0 Å². The van der Waals surface area contributed by atoms with Gasteiger partial charge in [-0.3, -0.25) is 4.79 Å². The summed E-state index contributed by atoms with van der Waals surface area (Å²) in [4.78, 5) is 16.0. The van der Waals surface area contributed by atoms with Gasteiger partial charge in [-0.15, -0.1) is 0 Å². The van der Waals surface area contributed by atoms with Gasteiger partial charge in [0.1, 0.15) is 0 Å². The van der Waals surface area contributed by atoms with Crippen LogP contribution in [0.15, 0.2) is 35.7 Å². The van der Waals surface area contributed by atoms with Crippen molar-refractivity contribution in [2.75, 3.05) is 32.7 Å². The standard InChI is InChI=1S/C21H31N3O3S/c1-18-7-6-8-19(2)24(18)21(25)17-22-12-14-23(15-13-22)28(26,27)16-11-20-9-4-3-5-10-20/h3-5,9-11,16,18-19H,6-8,12-15,17H2,1-2H3/p+1/b16-11+/t18-,19-/m1/s1. The average Bonchev–Trinajstić information content (AvgIpc) is 2.68. The Labute approximate surface area is 168 Å². The van der Waals surface area contributed by atoms with Gasteiger partial charge < -0.3 is 9.80 Å². The van der Waals surface area contributed by atoms with E-state index in [1.165, 1.54) is 21.0 Å². The molecule has 6 nitrogen and oxygen atoms in total. The third kappa shape index (κ3) is 5.21. The molecule has 0 bridgehead atoms. The fourth-order valence-electron chi connectivity index (χ4n) is 4.27. The van der Waals surface area contributed by atoms with E-state index in [-0.39, 0.29) is 5.91 Å². The van der Waals surface area contributed by atoms with Gasteiger partial charge in [0.15, 0.2) is 6.54 Å². The predicted molar refractivity (Wildman–Crippen MR) is 111 cm³/mol. The summed E-state index contributed by atoms with van der Waals surface area (Å²) in [5.41, 5.74) is 0.866. The Morgan fingerprint density at radius 3 is 2.32 bits per heavy atom. The lowest BCUT2D eigenvalue weighted by atomic mass is 9.97. The highest BCUT2D eigenvalue weighted by Gasteiger charge is 2.33. The van der Waals surface area contributed by atoms with Gasteiger partial charge in [0.2, 0.25) is 10.0 Å². The van der Waals surface area contributed by atoms with Crippen molar-refractivity contribution >= 4 is 22.0 Å². The van der Waals surface area contributed by atoms with Gasteiger partial charge in [0.25, 0.3) is 5.91 Å². The Morgan fingerprint density at radius 2 is 1.71 bits per heavy atom. The Balaban J connectivity index is 1.52. The summed E-state index contributed by atoms with van der Waals surface area (Å²) in [6.07, 6.45) is 4.97. The van der Waals surface area contributed by atoms with E-state index in [1.54, 1.807) is 6.08 Å². The molecule has 1 aromatic rings. The van der Waals surface area contributed by atoms with E-state index in [0.29, 0.717) is 44.8 Å². The number of amides is 1. The summed E-state index contributed by atoms with van der Waals surface area (Å²) in [5, 5.41) is 1.29. The van der Waals surface area contributed by atoms with Crippen molar-refractivity contribution in [2.45, 2.75) is 45.2 Å². The van der Waals surface area contributed by atoms with Crippen molar-refractivity contribution < 1.29 is 18.1 Å². The first-order valence-corrected chi connectivity index (χ1v) is 11.7. The third-order valence-corrected chi connectivity index (χ3v) is 7.47. The first-order valence-electron chi connectivity index (χ1n) is 10.2. The maximum absolute atomic E-state index is 12.8. The van der Waals surface area contributed by atoms with Crippen molar-refractivity contribution in [3.8, 4) is 0 Å². The zero-order valence-corrected chi connectivity index (χ0v) is 17.7. The van der Waals surface area contributed by atoms with Crippen LogP contribution in [0.25, 0.3) is 6.08 Å². The van der Waals surface area contributed by atoms with Crippen LogP contribution in [0.3, 0.4) is 0 Å². The SMILES string of the molecule is C[C@@H]1CCC[C@@H](C)N1C(=O)C[NH+]1CCN(S(=O)(=O)/C=C/c2ccccc2)CC1. The molecule has 2 heterocycles. The molecule has 0 spiro atoms. The van der Waals surface area contributed by atoms with Crippen LogP contribution < -0.4 is 4.90 Å². The van der Waals surface area contributed by atoms with Crippen molar-refractivity contribution in [3.63, 3.8) is 0 Å². The molecule has 0 unspecified atom stereocenters. The molecule has 1 N–H and O–H groups in total. The molecule has 1 amide bonds. The maximum atomic E-state index is 12.8. The summed E-state index contributed by atoms with van der Waals surface area (Å²) in [6.45, 7) is 6.97. The van der Waals surface area contributed by atoms with Gasteiger partial charge in [-0.1, -0.05) is 30.3 Å². The molecule has 0 aromatic heterocycles. The second-order valence-electron chi connectivity index (χ2n) is 8.01. The monoisotopic (exact) mass is 406 g/mol. The van der Waals surface area contributed by atoms with Crippen molar-refractivity contribution in [1.82, 2.24) is 9.21 Å². The minimum Gasteiger partial charge on any atom is -0.332 e. The number of quaternary nitrogens is 1. The molecular formula is C21H32N3O3S+. The lowest BCUT2D eigenvalue weighted by Gasteiger charge is -2.40. The lowest BCUT2D eigenvalue weighted by molar-refractivity contribution is -0.896. The topological polar surface area (TPSA) is 62.1 Å². The molecule has 1 aromatic carbocycles. The van der Waals surface area contributed by atoms with Gasteiger partial charge >= 0.3 is 0 Å². The molecule has 7 heteroatoms. The normalized spacial score (nSPS) is 25.3. The van der Waals surface area contributed by atoms with E-state index in [0.717, 1.165) is 18.4 Å². The van der Waals surface area contributed by atoms with E-state index >= 15 is 0 Å². The lowest BCUT2D eigenvalue weighted by Crippen LogP contribution is -3.15. The molecule has 0 saturated carbocycles. The van der Waals surface area contributed by atoms with Crippen LogP contribution in [0.1, 0.15) is 38.7 Å². The molecule has 2 atom stereocenters. The number of hydrogen-bond acceptors (Lipinski definition) is 3. The number of piperidine rings is 1. The van der Waals surface area contributed by atoms with Gasteiger partial charge in [-0.2, -0.15) is 4.31 Å². The van der Waals surface area contributed by atoms with E-state index < -0.39 is 10.0 Å². The molecular weight excluding hydrogens is 374 g/mol. The number of carbonyl (C=O) groups is 1. The molecule has 2 aliphatic heterocycles. The minimum absolute atomic E-state index is 0.204. The quantitative estimate of drug-likeness (QED) is 0.793. The number of nitrogens with zero attached hydrogens (tertiary/aromatic N) is 2. The van der Waals surface area contributed by atoms with E-state index in [4.69, 9.17) is 0 Å². The smallest absolute Gasteiger partial charge is 0.278 e. The van der Waals surface area contributed by atoms with Crippen molar-refractivity contribution in [1.29, 1.82) is 0 Å². The highest BCUT2D eigenvalue weighted by Crippen LogP contribution is 2.22. The van der Waals surface area contributed by atoms with E-state index in [1.807, 2.05) is 35.2 Å². The molecule has 2 saturated heterocycles. The van der Waals surface area contributed by atoms with Gasteiger partial charge in [-0.05, 0) is 44.7 Å². The highest BCUT2D eigenvalue weighted by molar-refractivity contribution is 7.92. The van der Waals surface area contributed by atoms with E-state index in [2.05, 4.69) is 13.8 Å². The maximum Gasteiger partial charge on any atom is 0.278 e. The summed E-state index contributed by atoms with van der Waals surface area (Å²) < 4.78 is 26.7. The summed E-state index contributed by atoms with van der Waals surface area (Å²) in [5.74, 6) is 0.204. The molecule has 154 valence electrons. The molecule has 3 rings (SSSR count). The number of sulfonamides is 1. The number of nitrogens with one attached hydrogen (secondary N) is 1. The number of carbonyl (C=O) groups excluding carboxylic acids is 1. The van der Waals surface area contributed by atoms with Crippen LogP contribution in [0.4, 0.5) is 0 Å². The van der Waals surface area contributed by atoms with Crippen LogP contribution in [0, 0.1) is 0 Å². The molecule has 2 aliphatic rings. The molecule has 28 heavy (non-hydrogen) atoms. The summed E-state index contributed by atoms with van der Waals surface area (Å²) in [6, 6.07) is 10.0. The predicted octanol–water partition coefficient (Wildman–Crippen LogP) is 0.977. The fourth-order valence-corrected chi connectivity index (χ4v) is 5.46. The highest BCUT2D eigenvalue weighted by atomic mass is 32.2. The van der Waals surface area contributed by atoms with E-state index in [9.17, 15) is 13.2 Å². The first kappa shape index (κ1) is 21.0. The second-order valence-corrected chi connectivity index (χ2v) is 9.83. The Morgan fingerprint density at radius 1 is 1.11 bits per heavy atom. The van der Waals surface area contributed by atoms with Gasteiger partial charge in [0, 0.05) is 17.5 Å². The van der Waals surface area contributed by atoms with Gasteiger partial charge in [0.05, 0.1) is 26.2 Å². The number of rotatable bonds is 5. The summed E-state index contributed by atoms with van der Waals surface area (Å²) >= 11 is 0. The van der Waals surface area contributed by atoms with Gasteiger partial charge in [-0.25, -0.2) is 8.42 Å². The van der Waals surface area contributed by atoms with Crippen LogP contribution >= 0.6 is 0 Å². The first-order chi connectivity index (χ1) is 13.4. The van der Waals surface area contributed by atoms with Crippen LogP contribution in [-0.4, -0.2) is 68.3 Å². The zero-order valence-electron chi connectivity index (χ0n) is 16.9. The number of likely N-dealkylation sites (tertiary alicyclic amines) is 1. The largest absolute Gasteiger partial charge is 0.332 e. The number of piperazine rings is 1. The molecule has 0 radical (unpaired) electrons. The molecule has 0 aliphatic carbocycles. The number of hydrogen-bond donors (Lipinski definition) is 1. The van der Waals surface area contributed by atoms with Crippen LogP contribution in [-0.2, 0) is 14.8 Å². The Kier molecular flexibility index (Phi) is 6.91. The minimum atomic E-state index is -3.43. The van der Waals surface area contributed by atoms with Crippen molar-refractivity contribution in [3.05, 3.63) is 41.3 Å². The Bertz CT molecular complexity index is 776. The third-order valence-electron chi connectivity index (χ3n) is 5.90. The fraction of sp³-hybridized carbons (Fsp3) is 0.571.